The molecule has 5 nitrogen and oxygen atoms in total. The molecule has 0 saturated heterocycles. The van der Waals surface area contributed by atoms with Gasteiger partial charge in [0.2, 0.25) is 0 Å². The average Bonchev–Trinajstić information content (AvgIpc) is 2.87. The van der Waals surface area contributed by atoms with E-state index >= 15 is 0 Å². The summed E-state index contributed by atoms with van der Waals surface area (Å²) in [6.45, 7) is 6.08. The van der Waals surface area contributed by atoms with Crippen molar-refractivity contribution in [3.8, 4) is 5.75 Å². The first kappa shape index (κ1) is 16.4. The minimum atomic E-state index is -0.252. The summed E-state index contributed by atoms with van der Waals surface area (Å²) in [6, 6.07) is 7.00. The molecule has 0 bridgehead atoms. The van der Waals surface area contributed by atoms with Gasteiger partial charge in [-0.2, -0.15) is 0 Å². The van der Waals surface area contributed by atoms with Gasteiger partial charge >= 0.3 is 6.03 Å². The Labute approximate surface area is 131 Å². The van der Waals surface area contributed by atoms with E-state index in [0.29, 0.717) is 5.69 Å². The summed E-state index contributed by atoms with van der Waals surface area (Å²) in [4.78, 5) is 11.9. The van der Waals surface area contributed by atoms with Gasteiger partial charge in [0.05, 0.1) is 0 Å². The third-order valence-corrected chi connectivity index (χ3v) is 3.26. The minimum Gasteiger partial charge on any atom is -0.488 e. The van der Waals surface area contributed by atoms with E-state index in [0.717, 1.165) is 12.2 Å². The van der Waals surface area contributed by atoms with Gasteiger partial charge in [-0.3, -0.25) is 0 Å². The summed E-state index contributed by atoms with van der Waals surface area (Å²) in [5.74, 6) is 0.905. The lowest BCUT2D eigenvalue weighted by molar-refractivity contribution is 0.131. The second kappa shape index (κ2) is 6.83. The fraction of sp³-hybridized carbons (Fsp3) is 0.471. The van der Waals surface area contributed by atoms with Gasteiger partial charge in [-0.05, 0) is 51.5 Å². The van der Waals surface area contributed by atoms with Gasteiger partial charge in [-0.15, -0.1) is 0 Å². The molecule has 0 unspecified atom stereocenters. The van der Waals surface area contributed by atoms with E-state index in [1.54, 1.807) is 0 Å². The van der Waals surface area contributed by atoms with Crippen molar-refractivity contribution in [2.45, 2.75) is 38.8 Å². The first-order valence-corrected chi connectivity index (χ1v) is 7.51. The third-order valence-electron chi connectivity index (χ3n) is 3.26. The van der Waals surface area contributed by atoms with E-state index in [1.165, 1.54) is 0 Å². The number of aliphatic hydroxyl groups excluding tert-OH is 1. The molecule has 0 saturated carbocycles. The number of carbonyl (C=O) groups excluding carboxylic acids is 1. The summed E-state index contributed by atoms with van der Waals surface area (Å²) in [5.41, 5.74) is 0.462. The molecule has 5 heteroatoms. The van der Waals surface area contributed by atoms with Crippen LogP contribution >= 0.6 is 0 Å². The molecule has 2 amide bonds. The molecular weight excluding hydrogens is 280 g/mol. The summed E-state index contributed by atoms with van der Waals surface area (Å²) < 4.78 is 5.73. The van der Waals surface area contributed by atoms with Crippen molar-refractivity contribution in [3.63, 3.8) is 0 Å². The van der Waals surface area contributed by atoms with E-state index in [-0.39, 0.29) is 30.2 Å². The molecule has 0 aromatic heterocycles. The Morgan fingerprint density at radius 3 is 2.50 bits per heavy atom. The van der Waals surface area contributed by atoms with Crippen LogP contribution in [0, 0.1) is 5.92 Å². The molecule has 22 heavy (non-hydrogen) atoms. The second-order valence-corrected chi connectivity index (χ2v) is 6.51. The van der Waals surface area contributed by atoms with Crippen LogP contribution in [0.5, 0.6) is 5.75 Å². The maximum absolute atomic E-state index is 11.9. The van der Waals surface area contributed by atoms with Crippen LogP contribution in [0.3, 0.4) is 0 Å². The highest BCUT2D eigenvalue weighted by atomic mass is 16.5. The van der Waals surface area contributed by atoms with Crippen LogP contribution in [0.2, 0.25) is 0 Å². The van der Waals surface area contributed by atoms with Crippen LogP contribution in [0.15, 0.2) is 36.4 Å². The zero-order valence-corrected chi connectivity index (χ0v) is 13.3. The van der Waals surface area contributed by atoms with Gasteiger partial charge in [0.25, 0.3) is 0 Å². The van der Waals surface area contributed by atoms with Crippen molar-refractivity contribution in [2.24, 2.45) is 5.92 Å². The third kappa shape index (κ3) is 5.07. The lowest BCUT2D eigenvalue weighted by Gasteiger charge is -2.21. The van der Waals surface area contributed by atoms with Crippen molar-refractivity contribution in [1.29, 1.82) is 0 Å². The Morgan fingerprint density at radius 2 is 1.95 bits per heavy atom. The normalized spacial score (nSPS) is 20.7. The van der Waals surface area contributed by atoms with Crippen LogP contribution in [0.4, 0.5) is 10.5 Å². The molecule has 0 radical (unpaired) electrons. The first-order chi connectivity index (χ1) is 10.4. The number of urea groups is 1. The van der Waals surface area contributed by atoms with E-state index in [2.05, 4.69) is 10.6 Å². The van der Waals surface area contributed by atoms with Crippen molar-refractivity contribution in [1.82, 2.24) is 5.32 Å². The average molecular weight is 304 g/mol. The SMILES string of the molecule is CC(C)(C)Oc1ccc(NC(=O)N[C@@H]2C=C[C@H](CO)C2)cc1. The molecule has 0 aliphatic heterocycles. The highest BCUT2D eigenvalue weighted by Crippen LogP contribution is 2.21. The monoisotopic (exact) mass is 304 g/mol. The zero-order chi connectivity index (χ0) is 16.2. The lowest BCUT2D eigenvalue weighted by Crippen LogP contribution is -2.36. The number of hydrogen-bond acceptors (Lipinski definition) is 3. The maximum Gasteiger partial charge on any atom is 0.319 e. The van der Waals surface area contributed by atoms with E-state index < -0.39 is 0 Å². The topological polar surface area (TPSA) is 70.6 Å². The molecule has 3 N–H and O–H groups in total. The Bertz CT molecular complexity index is 532. The van der Waals surface area contributed by atoms with Gasteiger partial charge < -0.3 is 20.5 Å². The smallest absolute Gasteiger partial charge is 0.319 e. The summed E-state index contributed by atoms with van der Waals surface area (Å²) in [5, 5.41) is 14.7. The number of anilines is 1. The van der Waals surface area contributed by atoms with Gasteiger partial charge in [0.1, 0.15) is 11.4 Å². The standard InChI is InChI=1S/C17H24N2O3/c1-17(2,3)22-15-8-6-13(7-9-15)18-16(21)19-14-5-4-12(10-14)11-20/h4-9,12,14,20H,10-11H2,1-3H3,(H2,18,19,21)/t12-,14+/m0/s1. The predicted octanol–water partition coefficient (Wildman–Crippen LogP) is 2.92. The van der Waals surface area contributed by atoms with E-state index in [4.69, 9.17) is 9.84 Å². The largest absolute Gasteiger partial charge is 0.488 e. The molecule has 0 fully saturated rings. The number of amides is 2. The van der Waals surface area contributed by atoms with Crippen LogP contribution in [0.25, 0.3) is 0 Å². The van der Waals surface area contributed by atoms with Crippen molar-refractivity contribution >= 4 is 11.7 Å². The van der Waals surface area contributed by atoms with Gasteiger partial charge in [0, 0.05) is 24.3 Å². The molecule has 2 rings (SSSR count). The Kier molecular flexibility index (Phi) is 5.08. The molecule has 120 valence electrons. The Balaban J connectivity index is 1.83. The zero-order valence-electron chi connectivity index (χ0n) is 13.3. The first-order valence-electron chi connectivity index (χ1n) is 7.51. The quantitative estimate of drug-likeness (QED) is 0.749. The number of aliphatic hydroxyl groups is 1. The number of ether oxygens (including phenoxy) is 1. The molecule has 2 atom stereocenters. The molecule has 1 aliphatic carbocycles. The lowest BCUT2D eigenvalue weighted by atomic mass is 10.1. The summed E-state index contributed by atoms with van der Waals surface area (Å²) in [7, 11) is 0. The number of nitrogens with one attached hydrogen (secondary N) is 2. The number of carbonyl (C=O) groups is 1. The van der Waals surface area contributed by atoms with Gasteiger partial charge in [0.15, 0.2) is 0 Å². The fourth-order valence-corrected chi connectivity index (χ4v) is 2.31. The Morgan fingerprint density at radius 1 is 1.27 bits per heavy atom. The van der Waals surface area contributed by atoms with Gasteiger partial charge in [-0.25, -0.2) is 4.79 Å². The van der Waals surface area contributed by atoms with E-state index in [1.807, 2.05) is 57.2 Å². The molecular formula is C17H24N2O3. The van der Waals surface area contributed by atoms with Crippen molar-refractivity contribution in [2.75, 3.05) is 11.9 Å². The predicted molar refractivity (Wildman–Crippen MR) is 87.1 cm³/mol. The van der Waals surface area contributed by atoms with Crippen molar-refractivity contribution in [3.05, 3.63) is 36.4 Å². The Hall–Kier alpha value is -2.01. The highest BCUT2D eigenvalue weighted by molar-refractivity contribution is 5.89. The summed E-state index contributed by atoms with van der Waals surface area (Å²) >= 11 is 0. The van der Waals surface area contributed by atoms with E-state index in [9.17, 15) is 4.79 Å². The fourth-order valence-electron chi connectivity index (χ4n) is 2.31. The highest BCUT2D eigenvalue weighted by Gasteiger charge is 2.19. The van der Waals surface area contributed by atoms with Crippen LogP contribution in [-0.2, 0) is 0 Å². The molecule has 1 aromatic rings. The molecule has 0 heterocycles. The minimum absolute atomic E-state index is 0.0272. The van der Waals surface area contributed by atoms with Crippen LogP contribution in [-0.4, -0.2) is 29.4 Å². The number of hydrogen-bond donors (Lipinski definition) is 3. The van der Waals surface area contributed by atoms with Crippen LogP contribution in [0.1, 0.15) is 27.2 Å². The molecule has 1 aliphatic rings. The van der Waals surface area contributed by atoms with Gasteiger partial charge in [-0.1, -0.05) is 12.2 Å². The molecule has 0 spiro atoms. The molecule has 1 aromatic carbocycles. The number of benzene rings is 1. The second-order valence-electron chi connectivity index (χ2n) is 6.51. The van der Waals surface area contributed by atoms with Crippen molar-refractivity contribution < 1.29 is 14.6 Å². The number of rotatable bonds is 4. The maximum atomic E-state index is 11.9. The van der Waals surface area contributed by atoms with Crippen LogP contribution < -0.4 is 15.4 Å². The summed E-state index contributed by atoms with van der Waals surface area (Å²) in [6.07, 6.45) is 4.59.